The highest BCUT2D eigenvalue weighted by molar-refractivity contribution is 7.15. The molecule has 3 nitrogen and oxygen atoms in total. The molecule has 0 aromatic carbocycles. The fourth-order valence-electron chi connectivity index (χ4n) is 2.93. The van der Waals surface area contributed by atoms with Crippen molar-refractivity contribution in [3.05, 3.63) is 10.6 Å². The summed E-state index contributed by atoms with van der Waals surface area (Å²) in [6.45, 7) is 13.6. The first kappa shape index (κ1) is 16.8. The van der Waals surface area contributed by atoms with E-state index in [0.29, 0.717) is 5.92 Å². The highest BCUT2D eigenvalue weighted by atomic mass is 32.1. The molecule has 0 aliphatic carbocycles. The van der Waals surface area contributed by atoms with Crippen LogP contribution in [-0.4, -0.2) is 24.6 Å². The number of nitrogens with one attached hydrogen (secondary N) is 1. The normalized spacial score (nSPS) is 20.8. The molecule has 1 aliphatic rings. The van der Waals surface area contributed by atoms with Gasteiger partial charge in [0.05, 0.1) is 5.69 Å². The lowest BCUT2D eigenvalue weighted by Gasteiger charge is -2.30. The Morgan fingerprint density at radius 1 is 1.43 bits per heavy atom. The largest absolute Gasteiger partial charge is 0.348 e. The van der Waals surface area contributed by atoms with Crippen LogP contribution in [0.3, 0.4) is 0 Å². The van der Waals surface area contributed by atoms with Crippen molar-refractivity contribution in [1.82, 2.24) is 10.3 Å². The topological polar surface area (TPSA) is 28.2 Å². The number of thiazole rings is 1. The van der Waals surface area contributed by atoms with Crippen molar-refractivity contribution in [1.29, 1.82) is 0 Å². The van der Waals surface area contributed by atoms with Gasteiger partial charge in [-0.3, -0.25) is 0 Å². The van der Waals surface area contributed by atoms with Crippen LogP contribution in [0, 0.1) is 5.92 Å². The zero-order chi connectivity index (χ0) is 15.2. The van der Waals surface area contributed by atoms with E-state index in [1.54, 1.807) is 0 Å². The lowest BCUT2D eigenvalue weighted by molar-refractivity contribution is 0.446. The van der Waals surface area contributed by atoms with E-state index in [4.69, 9.17) is 4.98 Å². The minimum Gasteiger partial charge on any atom is -0.348 e. The molecule has 1 fully saturated rings. The maximum Gasteiger partial charge on any atom is 0.185 e. The van der Waals surface area contributed by atoms with E-state index in [0.717, 1.165) is 19.0 Å². The van der Waals surface area contributed by atoms with Crippen LogP contribution in [-0.2, 0) is 6.54 Å². The number of nitrogens with zero attached hydrogens (tertiary/aromatic N) is 2. The Morgan fingerprint density at radius 2 is 2.24 bits per heavy atom. The van der Waals surface area contributed by atoms with Gasteiger partial charge >= 0.3 is 0 Å². The maximum atomic E-state index is 5.02. The molecule has 2 atom stereocenters. The molecule has 0 saturated carbocycles. The van der Waals surface area contributed by atoms with Gasteiger partial charge in [-0.1, -0.05) is 27.7 Å². The number of anilines is 1. The molecule has 21 heavy (non-hydrogen) atoms. The minimum atomic E-state index is 0.565. The minimum absolute atomic E-state index is 0.565. The Balaban J connectivity index is 2.14. The van der Waals surface area contributed by atoms with Crippen LogP contribution < -0.4 is 10.2 Å². The van der Waals surface area contributed by atoms with Crippen molar-refractivity contribution in [2.24, 2.45) is 5.92 Å². The fraction of sp³-hybridized carbons (Fsp3) is 0.824. The molecule has 1 aliphatic heterocycles. The Morgan fingerprint density at radius 3 is 2.90 bits per heavy atom. The molecule has 2 unspecified atom stereocenters. The monoisotopic (exact) mass is 309 g/mol. The first-order chi connectivity index (χ1) is 10.2. The van der Waals surface area contributed by atoms with Gasteiger partial charge in [0.25, 0.3) is 0 Å². The summed E-state index contributed by atoms with van der Waals surface area (Å²) in [4.78, 5) is 8.98. The number of hydrogen-bond acceptors (Lipinski definition) is 4. The fourth-order valence-corrected chi connectivity index (χ4v) is 4.12. The standard InChI is InChI=1S/C17H31N3S/c1-5-9-18-11-15-16(14(4)6-2)19-17(21-15)20-10-7-8-13(3)12-20/h13-14,18H,5-12H2,1-4H3. The molecule has 2 heterocycles. The molecular formula is C17H31N3S. The summed E-state index contributed by atoms with van der Waals surface area (Å²) in [6, 6.07) is 0. The van der Waals surface area contributed by atoms with Crippen molar-refractivity contribution < 1.29 is 0 Å². The molecule has 1 aromatic rings. The molecule has 0 amide bonds. The van der Waals surface area contributed by atoms with Crippen LogP contribution in [0.5, 0.6) is 0 Å². The van der Waals surface area contributed by atoms with Crippen LogP contribution in [0.2, 0.25) is 0 Å². The van der Waals surface area contributed by atoms with Crippen molar-refractivity contribution in [2.45, 2.75) is 65.8 Å². The highest BCUT2D eigenvalue weighted by Gasteiger charge is 2.22. The lowest BCUT2D eigenvalue weighted by Crippen LogP contribution is -2.34. The second-order valence-corrected chi connectivity index (χ2v) is 7.55. The van der Waals surface area contributed by atoms with E-state index in [1.807, 2.05) is 11.3 Å². The third kappa shape index (κ3) is 4.43. The Hall–Kier alpha value is -0.610. The van der Waals surface area contributed by atoms with Crippen molar-refractivity contribution in [3.8, 4) is 0 Å². The average Bonchev–Trinajstić information content (AvgIpc) is 2.91. The van der Waals surface area contributed by atoms with Gasteiger partial charge in [-0.2, -0.15) is 0 Å². The summed E-state index contributed by atoms with van der Waals surface area (Å²) in [5.41, 5.74) is 1.33. The summed E-state index contributed by atoms with van der Waals surface area (Å²) in [5.74, 6) is 1.37. The summed E-state index contributed by atoms with van der Waals surface area (Å²) < 4.78 is 0. The van der Waals surface area contributed by atoms with Gasteiger partial charge in [-0.05, 0) is 44.1 Å². The summed E-state index contributed by atoms with van der Waals surface area (Å²) >= 11 is 1.91. The quantitative estimate of drug-likeness (QED) is 0.757. The summed E-state index contributed by atoms with van der Waals surface area (Å²) in [6.07, 6.45) is 5.03. The first-order valence-electron chi connectivity index (χ1n) is 8.60. The molecular weight excluding hydrogens is 278 g/mol. The van der Waals surface area contributed by atoms with Gasteiger partial charge in [-0.25, -0.2) is 4.98 Å². The molecule has 1 aromatic heterocycles. The second-order valence-electron chi connectivity index (χ2n) is 6.48. The van der Waals surface area contributed by atoms with Gasteiger partial charge in [0, 0.05) is 24.5 Å². The molecule has 0 bridgehead atoms. The van der Waals surface area contributed by atoms with Crippen LogP contribution in [0.1, 0.15) is 69.9 Å². The Kier molecular flexibility index (Phi) is 6.49. The van der Waals surface area contributed by atoms with E-state index in [9.17, 15) is 0 Å². The lowest BCUT2D eigenvalue weighted by atomic mass is 10.0. The predicted octanol–water partition coefficient (Wildman–Crippen LogP) is 4.39. The van der Waals surface area contributed by atoms with Crippen LogP contribution in [0.15, 0.2) is 0 Å². The zero-order valence-electron chi connectivity index (χ0n) is 14.1. The highest BCUT2D eigenvalue weighted by Crippen LogP contribution is 2.34. The molecule has 0 spiro atoms. The molecule has 0 radical (unpaired) electrons. The van der Waals surface area contributed by atoms with Crippen molar-refractivity contribution in [3.63, 3.8) is 0 Å². The van der Waals surface area contributed by atoms with E-state index in [2.05, 4.69) is 37.9 Å². The number of aromatic nitrogens is 1. The summed E-state index contributed by atoms with van der Waals surface area (Å²) in [5, 5.41) is 4.80. The van der Waals surface area contributed by atoms with E-state index < -0.39 is 0 Å². The van der Waals surface area contributed by atoms with Gasteiger partial charge in [-0.15, -0.1) is 11.3 Å². The first-order valence-corrected chi connectivity index (χ1v) is 9.42. The molecule has 4 heteroatoms. The third-order valence-corrected chi connectivity index (χ3v) is 5.57. The number of hydrogen-bond donors (Lipinski definition) is 1. The van der Waals surface area contributed by atoms with E-state index in [1.165, 1.54) is 54.5 Å². The maximum absolute atomic E-state index is 5.02. The number of rotatable bonds is 7. The van der Waals surface area contributed by atoms with E-state index >= 15 is 0 Å². The SMILES string of the molecule is CCCNCc1sc(N2CCCC(C)C2)nc1C(C)CC. The van der Waals surface area contributed by atoms with Gasteiger partial charge in [0.15, 0.2) is 5.13 Å². The van der Waals surface area contributed by atoms with Crippen molar-refractivity contribution >= 4 is 16.5 Å². The Labute approximate surface area is 134 Å². The molecule has 2 rings (SSSR count). The van der Waals surface area contributed by atoms with Crippen molar-refractivity contribution in [2.75, 3.05) is 24.5 Å². The summed E-state index contributed by atoms with van der Waals surface area (Å²) in [7, 11) is 0. The van der Waals surface area contributed by atoms with Crippen LogP contribution >= 0.6 is 11.3 Å². The number of piperidine rings is 1. The smallest absolute Gasteiger partial charge is 0.185 e. The average molecular weight is 310 g/mol. The zero-order valence-corrected chi connectivity index (χ0v) is 14.9. The third-order valence-electron chi connectivity index (χ3n) is 4.44. The Bertz CT molecular complexity index is 430. The molecule has 1 saturated heterocycles. The van der Waals surface area contributed by atoms with Crippen LogP contribution in [0.4, 0.5) is 5.13 Å². The van der Waals surface area contributed by atoms with Crippen LogP contribution in [0.25, 0.3) is 0 Å². The van der Waals surface area contributed by atoms with Gasteiger partial charge < -0.3 is 10.2 Å². The van der Waals surface area contributed by atoms with E-state index in [-0.39, 0.29) is 0 Å². The van der Waals surface area contributed by atoms with Gasteiger partial charge in [0.1, 0.15) is 0 Å². The van der Waals surface area contributed by atoms with Gasteiger partial charge in [0.2, 0.25) is 0 Å². The predicted molar refractivity (Wildman–Crippen MR) is 93.4 cm³/mol. The molecule has 120 valence electrons. The second kappa shape index (κ2) is 8.14. The molecule has 1 N–H and O–H groups in total.